The third-order valence-electron chi connectivity index (χ3n) is 3.61. The molecule has 1 aliphatic rings. The molecule has 0 radical (unpaired) electrons. The number of anilines is 1. The second-order valence-electron chi connectivity index (χ2n) is 5.25. The molecule has 1 fully saturated rings. The quantitative estimate of drug-likeness (QED) is 0.346. The lowest BCUT2D eigenvalue weighted by Crippen LogP contribution is -2.43. The summed E-state index contributed by atoms with van der Waals surface area (Å²) < 4.78 is 1.09. The molecule has 1 aromatic carbocycles. The van der Waals surface area contributed by atoms with Crippen molar-refractivity contribution in [3.8, 4) is 6.07 Å². The van der Waals surface area contributed by atoms with Gasteiger partial charge < -0.3 is 15.1 Å². The summed E-state index contributed by atoms with van der Waals surface area (Å²) in [6, 6.07) is 7.64. The zero-order chi connectivity index (χ0) is 16.8. The number of halogens is 1. The Morgan fingerprint density at radius 2 is 1.96 bits per heavy atom. The van der Waals surface area contributed by atoms with E-state index in [2.05, 4.69) is 27.9 Å². The Kier molecular flexibility index (Phi) is 5.98. The van der Waals surface area contributed by atoms with Gasteiger partial charge in [0.15, 0.2) is 0 Å². The first-order valence-corrected chi connectivity index (χ1v) is 8.24. The van der Waals surface area contributed by atoms with E-state index in [-0.39, 0.29) is 5.57 Å². The van der Waals surface area contributed by atoms with Crippen molar-refractivity contribution in [1.29, 1.82) is 5.26 Å². The molecule has 1 aliphatic heterocycles. The summed E-state index contributed by atoms with van der Waals surface area (Å²) in [5.74, 6) is -0.422. The number of piperazine rings is 1. The molecule has 2 rings (SSSR count). The third kappa shape index (κ3) is 4.69. The number of nitrogens with zero attached hydrogens (tertiary/aromatic N) is 3. The second-order valence-corrected chi connectivity index (χ2v) is 6.49. The fraction of sp³-hybridized carbons (Fsp3) is 0.312. The Hall–Kier alpha value is -2.08. The van der Waals surface area contributed by atoms with Gasteiger partial charge in [0.1, 0.15) is 11.6 Å². The SMILES string of the molecule is Cc1cc(I)ccc1NC(=O)/C(C#N)=C\N1CCN(C=O)CC1. The van der Waals surface area contributed by atoms with E-state index in [9.17, 15) is 14.9 Å². The number of nitrogens with one attached hydrogen (secondary N) is 1. The molecular weight excluding hydrogens is 407 g/mol. The van der Waals surface area contributed by atoms with Crippen molar-refractivity contribution in [2.45, 2.75) is 6.92 Å². The van der Waals surface area contributed by atoms with Crippen molar-refractivity contribution in [1.82, 2.24) is 9.80 Å². The Balaban J connectivity index is 2.05. The van der Waals surface area contributed by atoms with Gasteiger partial charge in [0.25, 0.3) is 5.91 Å². The van der Waals surface area contributed by atoms with Crippen LogP contribution < -0.4 is 5.32 Å². The average molecular weight is 424 g/mol. The monoisotopic (exact) mass is 424 g/mol. The molecule has 0 bridgehead atoms. The molecule has 0 aliphatic carbocycles. The molecule has 0 atom stereocenters. The first-order valence-electron chi connectivity index (χ1n) is 7.16. The first kappa shape index (κ1) is 17.3. The normalized spacial score (nSPS) is 15.1. The van der Waals surface area contributed by atoms with Gasteiger partial charge in [-0.15, -0.1) is 0 Å². The average Bonchev–Trinajstić information content (AvgIpc) is 2.55. The second kappa shape index (κ2) is 7.97. The standard InChI is InChI=1S/C16H17IN4O2/c1-12-8-14(17)2-3-15(12)19-16(23)13(9-18)10-20-4-6-21(11-22)7-5-20/h2-3,8,10-11H,4-7H2,1H3,(H,19,23)/b13-10-. The minimum atomic E-state index is -0.422. The molecule has 7 heteroatoms. The molecule has 23 heavy (non-hydrogen) atoms. The maximum absolute atomic E-state index is 12.3. The highest BCUT2D eigenvalue weighted by molar-refractivity contribution is 14.1. The smallest absolute Gasteiger partial charge is 0.267 e. The Bertz CT molecular complexity index is 673. The van der Waals surface area contributed by atoms with Crippen LogP contribution in [-0.2, 0) is 9.59 Å². The summed E-state index contributed by atoms with van der Waals surface area (Å²) in [6.07, 6.45) is 2.39. The summed E-state index contributed by atoms with van der Waals surface area (Å²) in [4.78, 5) is 26.5. The summed E-state index contributed by atoms with van der Waals surface area (Å²) in [7, 11) is 0. The Morgan fingerprint density at radius 1 is 1.30 bits per heavy atom. The number of amides is 2. The van der Waals surface area contributed by atoms with Crippen molar-refractivity contribution in [2.75, 3.05) is 31.5 Å². The van der Waals surface area contributed by atoms with Crippen LogP contribution >= 0.6 is 22.6 Å². The van der Waals surface area contributed by atoms with Crippen LogP contribution in [0.25, 0.3) is 0 Å². The first-order chi connectivity index (χ1) is 11.0. The zero-order valence-corrected chi connectivity index (χ0v) is 14.9. The molecule has 0 unspecified atom stereocenters. The Labute approximate surface area is 148 Å². The van der Waals surface area contributed by atoms with Gasteiger partial charge in [0, 0.05) is 41.6 Å². The number of benzene rings is 1. The molecule has 1 N–H and O–H groups in total. The highest BCUT2D eigenvalue weighted by atomic mass is 127. The van der Waals surface area contributed by atoms with Crippen LogP contribution in [0.4, 0.5) is 5.69 Å². The summed E-state index contributed by atoms with van der Waals surface area (Å²) in [5, 5.41) is 12.0. The van der Waals surface area contributed by atoms with Crippen molar-refractivity contribution >= 4 is 40.6 Å². The topological polar surface area (TPSA) is 76.4 Å². The van der Waals surface area contributed by atoms with E-state index in [0.29, 0.717) is 31.9 Å². The van der Waals surface area contributed by atoms with Gasteiger partial charge in [-0.3, -0.25) is 9.59 Å². The molecule has 0 saturated carbocycles. The molecule has 1 saturated heterocycles. The molecule has 6 nitrogen and oxygen atoms in total. The van der Waals surface area contributed by atoms with Gasteiger partial charge in [0.2, 0.25) is 6.41 Å². The molecule has 2 amide bonds. The highest BCUT2D eigenvalue weighted by Gasteiger charge is 2.16. The van der Waals surface area contributed by atoms with Crippen molar-refractivity contribution in [2.24, 2.45) is 0 Å². The summed E-state index contributed by atoms with van der Waals surface area (Å²) >= 11 is 2.21. The van der Waals surface area contributed by atoms with E-state index in [1.165, 1.54) is 0 Å². The van der Waals surface area contributed by atoms with Crippen LogP contribution in [0.2, 0.25) is 0 Å². The van der Waals surface area contributed by atoms with E-state index < -0.39 is 5.91 Å². The highest BCUT2D eigenvalue weighted by Crippen LogP contribution is 2.18. The molecule has 1 heterocycles. The van der Waals surface area contributed by atoms with Crippen LogP contribution in [0.5, 0.6) is 0 Å². The number of hydrogen-bond acceptors (Lipinski definition) is 4. The van der Waals surface area contributed by atoms with E-state index >= 15 is 0 Å². The van der Waals surface area contributed by atoms with Gasteiger partial charge >= 0.3 is 0 Å². The van der Waals surface area contributed by atoms with E-state index in [1.807, 2.05) is 36.1 Å². The molecule has 120 valence electrons. The predicted octanol–water partition coefficient (Wildman–Crippen LogP) is 1.72. The Morgan fingerprint density at radius 3 is 2.52 bits per heavy atom. The fourth-order valence-electron chi connectivity index (χ4n) is 2.25. The zero-order valence-electron chi connectivity index (χ0n) is 12.8. The van der Waals surface area contributed by atoms with E-state index in [4.69, 9.17) is 0 Å². The molecule has 0 spiro atoms. The van der Waals surface area contributed by atoms with Crippen LogP contribution in [0.1, 0.15) is 5.56 Å². The molecular formula is C16H17IN4O2. The third-order valence-corrected chi connectivity index (χ3v) is 4.28. The predicted molar refractivity (Wildman–Crippen MR) is 95.4 cm³/mol. The largest absolute Gasteiger partial charge is 0.373 e. The lowest BCUT2D eigenvalue weighted by Gasteiger charge is -2.31. The number of nitriles is 1. The fourth-order valence-corrected chi connectivity index (χ4v) is 2.90. The number of hydrogen-bond donors (Lipinski definition) is 1. The molecule has 0 aromatic heterocycles. The van der Waals surface area contributed by atoms with Gasteiger partial charge in [-0.05, 0) is 53.3 Å². The maximum Gasteiger partial charge on any atom is 0.267 e. The number of rotatable bonds is 4. The van der Waals surface area contributed by atoms with Crippen LogP contribution in [0.15, 0.2) is 30.0 Å². The summed E-state index contributed by atoms with van der Waals surface area (Å²) in [6.45, 7) is 4.32. The molecule has 1 aromatic rings. The summed E-state index contributed by atoms with van der Waals surface area (Å²) in [5.41, 5.74) is 1.70. The number of carbonyl (C=O) groups is 2. The van der Waals surface area contributed by atoms with Crippen molar-refractivity contribution < 1.29 is 9.59 Å². The van der Waals surface area contributed by atoms with E-state index in [1.54, 1.807) is 11.1 Å². The van der Waals surface area contributed by atoms with Crippen LogP contribution in [0, 0.1) is 21.8 Å². The number of carbonyl (C=O) groups excluding carboxylic acids is 2. The minimum Gasteiger partial charge on any atom is -0.373 e. The van der Waals surface area contributed by atoms with E-state index in [0.717, 1.165) is 15.5 Å². The van der Waals surface area contributed by atoms with Gasteiger partial charge in [-0.25, -0.2) is 0 Å². The van der Waals surface area contributed by atoms with Gasteiger partial charge in [-0.2, -0.15) is 5.26 Å². The minimum absolute atomic E-state index is 0.0579. The van der Waals surface area contributed by atoms with Crippen molar-refractivity contribution in [3.05, 3.63) is 39.1 Å². The lowest BCUT2D eigenvalue weighted by atomic mass is 10.2. The maximum atomic E-state index is 12.3. The van der Waals surface area contributed by atoms with Crippen molar-refractivity contribution in [3.63, 3.8) is 0 Å². The number of aryl methyl sites for hydroxylation is 1. The van der Waals surface area contributed by atoms with Gasteiger partial charge in [-0.1, -0.05) is 0 Å². The van der Waals surface area contributed by atoms with Crippen LogP contribution in [-0.4, -0.2) is 48.3 Å². The lowest BCUT2D eigenvalue weighted by molar-refractivity contribution is -0.119. The van der Waals surface area contributed by atoms with Crippen LogP contribution in [0.3, 0.4) is 0 Å². The van der Waals surface area contributed by atoms with Gasteiger partial charge in [0.05, 0.1) is 0 Å².